The van der Waals surface area contributed by atoms with Crippen LogP contribution in [0.5, 0.6) is 0 Å². The third kappa shape index (κ3) is 4.51. The van der Waals surface area contributed by atoms with Crippen molar-refractivity contribution in [3.63, 3.8) is 0 Å². The molecule has 2 rings (SSSR count). The third-order valence-electron chi connectivity index (χ3n) is 3.99. The maximum absolute atomic E-state index is 12.8. The summed E-state index contributed by atoms with van der Waals surface area (Å²) in [4.78, 5) is 29.1. The van der Waals surface area contributed by atoms with Crippen LogP contribution in [0.25, 0.3) is 0 Å². The molecule has 5 nitrogen and oxygen atoms in total. The monoisotopic (exact) mass is 349 g/mol. The molecule has 0 aromatic heterocycles. The smallest absolute Gasteiger partial charge is 0.243 e. The van der Waals surface area contributed by atoms with E-state index in [0.29, 0.717) is 12.3 Å². The predicted molar refractivity (Wildman–Crippen MR) is 98.7 cm³/mol. The molecule has 1 saturated heterocycles. The molecule has 1 N–H and O–H groups in total. The van der Waals surface area contributed by atoms with Gasteiger partial charge < -0.3 is 15.1 Å². The maximum atomic E-state index is 12.8. The van der Waals surface area contributed by atoms with Crippen molar-refractivity contribution in [3.05, 3.63) is 35.9 Å². The molecule has 2 atom stereocenters. The molecule has 1 aromatic carbocycles. The van der Waals surface area contributed by atoms with Gasteiger partial charge in [0.15, 0.2) is 0 Å². The molecule has 132 valence electrons. The highest BCUT2D eigenvalue weighted by Gasteiger charge is 2.42. The van der Waals surface area contributed by atoms with Crippen molar-refractivity contribution >= 4 is 23.6 Å². The molecule has 24 heavy (non-hydrogen) atoms. The minimum Gasteiger partial charge on any atom is -0.353 e. The zero-order valence-corrected chi connectivity index (χ0v) is 15.7. The highest BCUT2D eigenvalue weighted by molar-refractivity contribution is 7.99. The summed E-state index contributed by atoms with van der Waals surface area (Å²) in [5.41, 5.74) is 1.07. The van der Waals surface area contributed by atoms with Gasteiger partial charge in [0, 0.05) is 24.8 Å². The van der Waals surface area contributed by atoms with Gasteiger partial charge >= 0.3 is 0 Å². The van der Waals surface area contributed by atoms with Crippen LogP contribution in [0.2, 0.25) is 0 Å². The molecular weight excluding hydrogens is 322 g/mol. The fraction of sp³-hybridized carbons (Fsp3) is 0.556. The van der Waals surface area contributed by atoms with E-state index in [9.17, 15) is 9.59 Å². The number of rotatable bonds is 6. The second-order valence-corrected chi connectivity index (χ2v) is 7.72. The van der Waals surface area contributed by atoms with Crippen LogP contribution in [0.4, 0.5) is 0 Å². The van der Waals surface area contributed by atoms with Crippen LogP contribution in [-0.2, 0) is 9.59 Å². The van der Waals surface area contributed by atoms with E-state index in [2.05, 4.69) is 5.32 Å². The van der Waals surface area contributed by atoms with Crippen LogP contribution in [0.1, 0.15) is 24.8 Å². The molecule has 1 aliphatic rings. The van der Waals surface area contributed by atoms with E-state index >= 15 is 0 Å². The average Bonchev–Trinajstić information content (AvgIpc) is 2.99. The van der Waals surface area contributed by atoms with Crippen LogP contribution >= 0.6 is 11.8 Å². The summed E-state index contributed by atoms with van der Waals surface area (Å²) in [5, 5.41) is 2.87. The topological polar surface area (TPSA) is 52.7 Å². The molecule has 1 heterocycles. The summed E-state index contributed by atoms with van der Waals surface area (Å²) < 4.78 is 0. The van der Waals surface area contributed by atoms with Gasteiger partial charge in [-0.1, -0.05) is 44.2 Å². The summed E-state index contributed by atoms with van der Waals surface area (Å²) in [6.07, 6.45) is 0. The lowest BCUT2D eigenvalue weighted by Crippen LogP contribution is -2.50. The molecule has 6 heteroatoms. The summed E-state index contributed by atoms with van der Waals surface area (Å²) in [6.45, 7) is 5.14. The standard InChI is InChI=1S/C18H27N3O2S/c1-13(2)17(23)21-15(16(22)19-10-11-20(3)4)12-24-18(21)14-8-6-5-7-9-14/h5-9,13,15,18H,10-12H2,1-4H3,(H,19,22). The lowest BCUT2D eigenvalue weighted by atomic mass is 10.1. The van der Waals surface area contributed by atoms with E-state index in [4.69, 9.17) is 0 Å². The first-order valence-corrected chi connectivity index (χ1v) is 9.38. The molecular formula is C18H27N3O2S. The fourth-order valence-corrected chi connectivity index (χ4v) is 4.11. The third-order valence-corrected chi connectivity index (χ3v) is 5.32. The number of hydrogen-bond acceptors (Lipinski definition) is 4. The van der Waals surface area contributed by atoms with Gasteiger partial charge in [-0.3, -0.25) is 9.59 Å². The zero-order valence-electron chi connectivity index (χ0n) is 14.9. The van der Waals surface area contributed by atoms with Crippen molar-refractivity contribution < 1.29 is 9.59 Å². The Morgan fingerprint density at radius 1 is 1.29 bits per heavy atom. The number of hydrogen-bond donors (Lipinski definition) is 1. The van der Waals surface area contributed by atoms with E-state index in [1.807, 2.05) is 63.2 Å². The molecule has 1 aromatic rings. The van der Waals surface area contributed by atoms with Crippen LogP contribution < -0.4 is 5.32 Å². The lowest BCUT2D eigenvalue weighted by Gasteiger charge is -2.30. The number of benzene rings is 1. The van der Waals surface area contributed by atoms with E-state index in [0.717, 1.165) is 12.1 Å². The SMILES string of the molecule is CC(C)C(=O)N1C(C(=O)NCCN(C)C)CSC1c1ccccc1. The van der Waals surface area contributed by atoms with Crippen molar-refractivity contribution in [2.45, 2.75) is 25.3 Å². The number of thioether (sulfide) groups is 1. The van der Waals surface area contributed by atoms with Crippen LogP contribution in [0, 0.1) is 5.92 Å². The summed E-state index contributed by atoms with van der Waals surface area (Å²) in [5.74, 6) is 0.469. The average molecular weight is 350 g/mol. The number of amides is 2. The first-order valence-electron chi connectivity index (χ1n) is 8.33. The highest BCUT2D eigenvalue weighted by atomic mass is 32.2. The van der Waals surface area contributed by atoms with Crippen molar-refractivity contribution in [2.75, 3.05) is 32.9 Å². The molecule has 0 radical (unpaired) electrons. The molecule has 1 fully saturated rings. The van der Waals surface area contributed by atoms with E-state index in [1.54, 1.807) is 16.7 Å². The van der Waals surface area contributed by atoms with Crippen molar-refractivity contribution in [2.24, 2.45) is 5.92 Å². The molecule has 1 aliphatic heterocycles. The lowest BCUT2D eigenvalue weighted by molar-refractivity contribution is -0.142. The van der Waals surface area contributed by atoms with Gasteiger partial charge in [-0.2, -0.15) is 0 Å². The Kier molecular flexibility index (Phi) is 6.69. The summed E-state index contributed by atoms with van der Waals surface area (Å²) in [6, 6.07) is 9.53. The van der Waals surface area contributed by atoms with Crippen LogP contribution in [0.3, 0.4) is 0 Å². The second kappa shape index (κ2) is 8.53. The molecule has 0 aliphatic carbocycles. The number of nitrogens with one attached hydrogen (secondary N) is 1. The van der Waals surface area contributed by atoms with Gasteiger partial charge in [-0.05, 0) is 19.7 Å². The second-order valence-electron chi connectivity index (χ2n) is 6.61. The van der Waals surface area contributed by atoms with Crippen LogP contribution in [-0.4, -0.2) is 60.6 Å². The summed E-state index contributed by atoms with van der Waals surface area (Å²) in [7, 11) is 3.94. The largest absolute Gasteiger partial charge is 0.353 e. The zero-order chi connectivity index (χ0) is 17.7. The van der Waals surface area contributed by atoms with Crippen LogP contribution in [0.15, 0.2) is 30.3 Å². The number of likely N-dealkylation sites (N-methyl/N-ethyl adjacent to an activating group) is 1. The Balaban J connectivity index is 2.15. The van der Waals surface area contributed by atoms with Crippen molar-refractivity contribution in [1.82, 2.24) is 15.1 Å². The maximum Gasteiger partial charge on any atom is 0.243 e. The number of nitrogens with zero attached hydrogens (tertiary/aromatic N) is 2. The Bertz CT molecular complexity index is 563. The molecule has 2 unspecified atom stereocenters. The van der Waals surface area contributed by atoms with Gasteiger partial charge in [0.1, 0.15) is 11.4 Å². The normalized spacial score (nSPS) is 20.7. The number of carbonyl (C=O) groups excluding carboxylic acids is 2. The summed E-state index contributed by atoms with van der Waals surface area (Å²) >= 11 is 1.66. The Hall–Kier alpha value is -1.53. The first kappa shape index (κ1) is 18.8. The Labute approximate surface area is 148 Å². The van der Waals surface area contributed by atoms with Gasteiger partial charge in [0.05, 0.1) is 0 Å². The van der Waals surface area contributed by atoms with Gasteiger partial charge in [-0.15, -0.1) is 11.8 Å². The van der Waals surface area contributed by atoms with E-state index < -0.39 is 6.04 Å². The predicted octanol–water partition coefficient (Wildman–Crippen LogP) is 1.96. The number of carbonyl (C=O) groups is 2. The molecule has 0 bridgehead atoms. The Morgan fingerprint density at radius 2 is 1.96 bits per heavy atom. The molecule has 0 saturated carbocycles. The van der Waals surface area contributed by atoms with Crippen molar-refractivity contribution in [3.8, 4) is 0 Å². The minimum atomic E-state index is -0.405. The van der Waals surface area contributed by atoms with E-state index in [-0.39, 0.29) is 23.1 Å². The van der Waals surface area contributed by atoms with Gasteiger partial charge in [0.25, 0.3) is 0 Å². The molecule has 2 amide bonds. The highest BCUT2D eigenvalue weighted by Crippen LogP contribution is 2.42. The fourth-order valence-electron chi connectivity index (χ4n) is 2.67. The van der Waals surface area contributed by atoms with Crippen molar-refractivity contribution in [1.29, 1.82) is 0 Å². The Morgan fingerprint density at radius 3 is 2.54 bits per heavy atom. The minimum absolute atomic E-state index is 0.0293. The quantitative estimate of drug-likeness (QED) is 0.853. The van der Waals surface area contributed by atoms with E-state index in [1.165, 1.54) is 0 Å². The van der Waals surface area contributed by atoms with Gasteiger partial charge in [-0.25, -0.2) is 0 Å². The molecule has 0 spiro atoms. The first-order chi connectivity index (χ1) is 11.4. The van der Waals surface area contributed by atoms with Gasteiger partial charge in [0.2, 0.25) is 11.8 Å².